The van der Waals surface area contributed by atoms with Gasteiger partial charge in [-0.3, -0.25) is 19.2 Å². The van der Waals surface area contributed by atoms with Crippen molar-refractivity contribution in [3.8, 4) is 0 Å². The fourth-order valence-corrected chi connectivity index (χ4v) is 2.33. The summed E-state index contributed by atoms with van der Waals surface area (Å²) in [5, 5.41) is 4.23. The fraction of sp³-hybridized carbons (Fsp3) is 0.267. The van der Waals surface area contributed by atoms with E-state index in [0.29, 0.717) is 12.0 Å². The summed E-state index contributed by atoms with van der Waals surface area (Å²) in [7, 11) is 0.606. The van der Waals surface area contributed by atoms with Gasteiger partial charge in [0.05, 0.1) is 31.3 Å². The van der Waals surface area contributed by atoms with Crippen LogP contribution in [-0.4, -0.2) is 53.9 Å². The molecule has 1 fully saturated rings. The molecule has 0 unspecified atom stereocenters. The highest BCUT2D eigenvalue weighted by molar-refractivity contribution is 6.64. The Morgan fingerprint density at radius 1 is 1.13 bits per heavy atom. The van der Waals surface area contributed by atoms with E-state index in [1.54, 1.807) is 29.0 Å². The topological polar surface area (TPSA) is 73.7 Å². The van der Waals surface area contributed by atoms with E-state index < -0.39 is 19.1 Å². The van der Waals surface area contributed by atoms with Crippen LogP contribution in [0.25, 0.3) is 0 Å². The first kappa shape index (κ1) is 15.3. The molecule has 2 heterocycles. The van der Waals surface area contributed by atoms with Crippen molar-refractivity contribution in [3.63, 3.8) is 0 Å². The number of benzene rings is 1. The quantitative estimate of drug-likeness (QED) is 0.722. The number of aromatic nitrogens is 2. The molecule has 118 valence electrons. The zero-order valence-corrected chi connectivity index (χ0v) is 12.7. The summed E-state index contributed by atoms with van der Waals surface area (Å²) in [6.45, 7) is 0.672. The van der Waals surface area contributed by atoms with Gasteiger partial charge in [-0.15, -0.1) is 0 Å². The zero-order chi connectivity index (χ0) is 16.2. The van der Waals surface area contributed by atoms with Crippen LogP contribution in [0, 0.1) is 0 Å². The highest BCUT2D eigenvalue weighted by atomic mass is 16.6. The minimum Gasteiger partial charge on any atom is -0.494 e. The fourth-order valence-electron chi connectivity index (χ4n) is 2.33. The molecule has 0 amide bonds. The van der Waals surface area contributed by atoms with Gasteiger partial charge in [-0.25, -0.2) is 0 Å². The second-order valence-corrected chi connectivity index (χ2v) is 5.44. The first-order valence-electron chi connectivity index (χ1n) is 7.24. The number of hydrogen-bond acceptors (Lipinski definition) is 6. The van der Waals surface area contributed by atoms with Gasteiger partial charge in [0.2, 0.25) is 0 Å². The maximum atomic E-state index is 11.8. The van der Waals surface area contributed by atoms with E-state index in [-0.39, 0.29) is 13.1 Å². The molecule has 0 radical (unpaired) electrons. The molecule has 1 aliphatic rings. The summed E-state index contributed by atoms with van der Waals surface area (Å²) in [6, 6.07) is 9.84. The lowest BCUT2D eigenvalue weighted by atomic mass is 9.81. The molecule has 8 heteroatoms. The van der Waals surface area contributed by atoms with Gasteiger partial charge < -0.3 is 9.31 Å². The molecule has 23 heavy (non-hydrogen) atoms. The Morgan fingerprint density at radius 3 is 2.43 bits per heavy atom. The lowest BCUT2D eigenvalue weighted by Crippen LogP contribution is -2.47. The number of carbonyl (C=O) groups is 2. The van der Waals surface area contributed by atoms with Gasteiger partial charge in [0.1, 0.15) is 0 Å². The molecule has 2 aromatic rings. The molecule has 1 aromatic heterocycles. The molecule has 0 saturated carbocycles. The van der Waals surface area contributed by atoms with Gasteiger partial charge in [-0.1, -0.05) is 30.3 Å². The van der Waals surface area contributed by atoms with Crippen LogP contribution < -0.4 is 5.46 Å². The third-order valence-corrected chi connectivity index (χ3v) is 3.39. The first-order valence-corrected chi connectivity index (χ1v) is 7.24. The third-order valence-electron chi connectivity index (χ3n) is 3.39. The Bertz CT molecular complexity index is 684. The minimum atomic E-state index is -1.05. The molecule has 0 N–H and O–H groups in total. The molecular weight excluding hydrogens is 297 g/mol. The number of carbonyl (C=O) groups excluding carboxylic acids is 2. The van der Waals surface area contributed by atoms with Crippen LogP contribution in [0.3, 0.4) is 0 Å². The van der Waals surface area contributed by atoms with Crippen LogP contribution in [0.1, 0.15) is 5.56 Å². The van der Waals surface area contributed by atoms with Gasteiger partial charge in [0.15, 0.2) is 0 Å². The molecule has 1 aromatic carbocycles. The molecule has 0 aliphatic carbocycles. The molecule has 1 aliphatic heterocycles. The number of likely N-dealkylation sites (N-methyl/N-ethyl adjacent to an activating group) is 1. The van der Waals surface area contributed by atoms with Crippen LogP contribution in [0.15, 0.2) is 42.7 Å². The largest absolute Gasteiger partial charge is 0.639 e. The Hall–Kier alpha value is -2.61. The Balaban J connectivity index is 1.73. The molecule has 1 saturated heterocycles. The predicted octanol–water partition coefficient (Wildman–Crippen LogP) is -0.342. The average molecular weight is 313 g/mol. The number of rotatable bonds is 3. The van der Waals surface area contributed by atoms with E-state index in [0.717, 1.165) is 5.56 Å². The van der Waals surface area contributed by atoms with E-state index in [9.17, 15) is 9.59 Å². The molecule has 0 atom stereocenters. The monoisotopic (exact) mass is 313 g/mol. The summed E-state index contributed by atoms with van der Waals surface area (Å²) >= 11 is 0. The van der Waals surface area contributed by atoms with Crippen LogP contribution in [0.4, 0.5) is 0 Å². The average Bonchev–Trinajstić information content (AvgIpc) is 2.94. The van der Waals surface area contributed by atoms with Crippen molar-refractivity contribution < 1.29 is 18.9 Å². The van der Waals surface area contributed by atoms with Crippen molar-refractivity contribution >= 4 is 24.5 Å². The Kier molecular flexibility index (Phi) is 4.43. The maximum absolute atomic E-state index is 11.8. The van der Waals surface area contributed by atoms with Crippen LogP contribution in [0.2, 0.25) is 0 Å². The highest BCUT2D eigenvalue weighted by Gasteiger charge is 2.34. The summed E-state index contributed by atoms with van der Waals surface area (Å²) in [5.41, 5.74) is 1.63. The summed E-state index contributed by atoms with van der Waals surface area (Å²) in [4.78, 5) is 25.0. The second-order valence-electron chi connectivity index (χ2n) is 5.44. The normalized spacial score (nSPS) is 16.5. The summed E-state index contributed by atoms with van der Waals surface area (Å²) < 4.78 is 12.1. The van der Waals surface area contributed by atoms with Gasteiger partial charge in [-0.05, 0) is 12.6 Å². The molecular formula is C15H16BN3O4. The van der Waals surface area contributed by atoms with E-state index in [2.05, 4.69) is 5.10 Å². The molecule has 3 rings (SSSR count). The Labute approximate surface area is 133 Å². The minimum absolute atomic E-state index is 0.0454. The number of hydrogen-bond donors (Lipinski definition) is 0. The smallest absolute Gasteiger partial charge is 0.494 e. The van der Waals surface area contributed by atoms with Gasteiger partial charge in [0, 0.05) is 6.20 Å². The van der Waals surface area contributed by atoms with Crippen molar-refractivity contribution in [2.45, 2.75) is 6.54 Å². The SMILES string of the molecule is CN1CC(=O)OB(c2cnn(Cc3ccccc3)c2)OC(=O)C1. The number of nitrogens with zero attached hydrogens (tertiary/aromatic N) is 3. The standard InChI is InChI=1S/C15H16BN3O4/c1-18-10-14(20)22-16(23-15(21)11-18)13-7-17-19(9-13)8-12-5-3-2-4-6-12/h2-7,9H,8,10-11H2,1H3. The van der Waals surface area contributed by atoms with Crippen molar-refractivity contribution in [1.29, 1.82) is 0 Å². The van der Waals surface area contributed by atoms with Gasteiger partial charge in [0.25, 0.3) is 0 Å². The van der Waals surface area contributed by atoms with Gasteiger partial charge in [-0.2, -0.15) is 5.10 Å². The van der Waals surface area contributed by atoms with Crippen molar-refractivity contribution in [2.75, 3.05) is 20.1 Å². The van der Waals surface area contributed by atoms with E-state index >= 15 is 0 Å². The van der Waals surface area contributed by atoms with Crippen molar-refractivity contribution in [3.05, 3.63) is 48.3 Å². The highest BCUT2D eigenvalue weighted by Crippen LogP contribution is 2.03. The van der Waals surface area contributed by atoms with Crippen LogP contribution in [-0.2, 0) is 25.4 Å². The van der Waals surface area contributed by atoms with E-state index in [1.807, 2.05) is 30.3 Å². The molecule has 0 spiro atoms. The Morgan fingerprint density at radius 2 is 1.78 bits per heavy atom. The lowest BCUT2D eigenvalue weighted by Gasteiger charge is -2.21. The third kappa shape index (κ3) is 3.98. The zero-order valence-electron chi connectivity index (χ0n) is 12.7. The predicted molar refractivity (Wildman–Crippen MR) is 82.8 cm³/mol. The van der Waals surface area contributed by atoms with Crippen molar-refractivity contribution in [2.24, 2.45) is 0 Å². The summed E-state index contributed by atoms with van der Waals surface area (Å²) in [5.74, 6) is -0.887. The summed E-state index contributed by atoms with van der Waals surface area (Å²) in [6.07, 6.45) is 3.25. The molecule has 7 nitrogen and oxygen atoms in total. The van der Waals surface area contributed by atoms with Gasteiger partial charge >= 0.3 is 19.1 Å². The lowest BCUT2D eigenvalue weighted by molar-refractivity contribution is -0.145. The van der Waals surface area contributed by atoms with E-state index in [4.69, 9.17) is 9.31 Å². The van der Waals surface area contributed by atoms with Crippen molar-refractivity contribution in [1.82, 2.24) is 14.7 Å². The van der Waals surface area contributed by atoms with Crippen LogP contribution in [0.5, 0.6) is 0 Å². The molecule has 0 bridgehead atoms. The van der Waals surface area contributed by atoms with E-state index in [1.165, 1.54) is 0 Å². The second kappa shape index (κ2) is 6.66. The maximum Gasteiger partial charge on any atom is 0.639 e. The van der Waals surface area contributed by atoms with Crippen LogP contribution >= 0.6 is 0 Å². The first-order chi connectivity index (χ1) is 11.1.